The first-order valence-corrected chi connectivity index (χ1v) is 12.9. The molecule has 0 aromatic heterocycles. The van der Waals surface area contributed by atoms with E-state index in [0.29, 0.717) is 0 Å². The number of benzene rings is 2. The molecule has 160 valence electrons. The second kappa shape index (κ2) is 10.9. The fourth-order valence-corrected chi connectivity index (χ4v) is 8.25. The molecule has 2 aromatic rings. The van der Waals surface area contributed by atoms with E-state index in [-0.39, 0.29) is 17.2 Å². The van der Waals surface area contributed by atoms with Crippen LogP contribution >= 0.6 is 0 Å². The van der Waals surface area contributed by atoms with Crippen LogP contribution in [-0.4, -0.2) is 34.2 Å². The molecule has 0 N–H and O–H groups in total. The zero-order valence-corrected chi connectivity index (χ0v) is 19.7. The highest BCUT2D eigenvalue weighted by Crippen LogP contribution is 2.30. The molecule has 30 heavy (non-hydrogen) atoms. The monoisotopic (exact) mass is 420 g/mol. The van der Waals surface area contributed by atoms with Gasteiger partial charge < -0.3 is 9.47 Å². The Balaban J connectivity index is 1.53. The molecule has 0 saturated carbocycles. The van der Waals surface area contributed by atoms with Crippen LogP contribution in [0, 0.1) is 0 Å². The van der Waals surface area contributed by atoms with E-state index in [0.717, 1.165) is 38.9 Å². The van der Waals surface area contributed by atoms with E-state index in [1.54, 1.807) is 0 Å². The summed E-state index contributed by atoms with van der Waals surface area (Å²) in [4.78, 5) is 0. The van der Waals surface area contributed by atoms with Crippen molar-refractivity contribution >= 4 is 19.2 Å². The zero-order chi connectivity index (χ0) is 21.4. The Bertz CT molecular complexity index is 761. The number of rotatable bonds is 11. The van der Waals surface area contributed by atoms with Crippen LogP contribution in [-0.2, 0) is 9.47 Å². The maximum atomic E-state index is 6.22. The van der Waals surface area contributed by atoms with Gasteiger partial charge in [0, 0.05) is 13.2 Å². The first-order valence-electron chi connectivity index (χ1n) is 11.1. The van der Waals surface area contributed by atoms with Crippen LogP contribution in [0.15, 0.2) is 85.5 Å². The summed E-state index contributed by atoms with van der Waals surface area (Å²) in [5.41, 5.74) is 1.21. The predicted octanol–water partition coefficient (Wildman–Crippen LogP) is 4.89. The van der Waals surface area contributed by atoms with E-state index in [1.165, 1.54) is 15.9 Å². The molecule has 2 nitrogen and oxygen atoms in total. The van der Waals surface area contributed by atoms with Gasteiger partial charge in [-0.05, 0) is 36.3 Å². The van der Waals surface area contributed by atoms with E-state index in [4.69, 9.17) is 9.47 Å². The van der Waals surface area contributed by atoms with Crippen molar-refractivity contribution in [3.05, 3.63) is 85.5 Å². The van der Waals surface area contributed by atoms with Crippen molar-refractivity contribution in [2.75, 3.05) is 13.2 Å². The van der Waals surface area contributed by atoms with Crippen LogP contribution in [0.1, 0.15) is 39.5 Å². The van der Waals surface area contributed by atoms with Crippen molar-refractivity contribution in [2.45, 2.75) is 56.8 Å². The third-order valence-electron chi connectivity index (χ3n) is 6.02. The van der Waals surface area contributed by atoms with E-state index in [2.05, 4.69) is 87.7 Å². The molecule has 0 aliphatic carbocycles. The Morgan fingerprint density at radius 2 is 1.67 bits per heavy atom. The first-order chi connectivity index (χ1) is 14.5. The number of hydrogen-bond donors (Lipinski definition) is 0. The Labute approximate surface area is 184 Å². The third kappa shape index (κ3) is 6.04. The van der Waals surface area contributed by atoms with E-state index in [9.17, 15) is 0 Å². The molecule has 0 amide bonds. The van der Waals surface area contributed by atoms with Crippen molar-refractivity contribution in [1.29, 1.82) is 0 Å². The minimum Gasteiger partial charge on any atom is -0.381 e. The minimum atomic E-state index is -1.43. The van der Waals surface area contributed by atoms with Crippen molar-refractivity contribution in [3.8, 4) is 0 Å². The molecule has 1 aliphatic heterocycles. The van der Waals surface area contributed by atoms with Crippen LogP contribution in [0.4, 0.5) is 0 Å². The lowest BCUT2D eigenvalue weighted by atomic mass is 10.0. The van der Waals surface area contributed by atoms with Crippen molar-refractivity contribution < 1.29 is 9.47 Å². The predicted molar refractivity (Wildman–Crippen MR) is 131 cm³/mol. The van der Waals surface area contributed by atoms with Crippen LogP contribution in [0.2, 0.25) is 5.04 Å². The van der Waals surface area contributed by atoms with E-state index < -0.39 is 8.80 Å². The first kappa shape index (κ1) is 22.7. The fourth-order valence-electron chi connectivity index (χ4n) is 4.56. The number of ether oxygens (including phenoxy) is 2. The molecule has 0 radical (unpaired) electrons. The molecule has 0 bridgehead atoms. The summed E-state index contributed by atoms with van der Waals surface area (Å²) >= 11 is 0. The molecule has 1 heterocycles. The maximum absolute atomic E-state index is 6.22. The second-order valence-corrected chi connectivity index (χ2v) is 12.8. The Morgan fingerprint density at radius 1 is 1.07 bits per heavy atom. The molecule has 3 rings (SSSR count). The van der Waals surface area contributed by atoms with Crippen LogP contribution in [0.5, 0.6) is 0 Å². The largest absolute Gasteiger partial charge is 0.381 e. The molecule has 1 fully saturated rings. The third-order valence-corrected chi connectivity index (χ3v) is 9.85. The standard InChI is InChI=1S/C27H36O2Si/c1-5-13-26-22(2)20-23(29-26)14-12-19-28-21-27(3,4)30(24-15-8-6-9-16-24)25-17-10-7-11-18-25/h5-11,15-18,23,26,30H,1-2,12-14,19-21H2,3-4H3/t23-,26-/m0/s1. The summed E-state index contributed by atoms with van der Waals surface area (Å²) in [7, 11) is -1.43. The highest BCUT2D eigenvalue weighted by Gasteiger charge is 2.34. The fraction of sp³-hybridized carbons (Fsp3) is 0.407. The summed E-state index contributed by atoms with van der Waals surface area (Å²) in [5, 5.41) is 3.07. The maximum Gasteiger partial charge on any atom is 0.110 e. The van der Waals surface area contributed by atoms with Gasteiger partial charge in [-0.25, -0.2) is 0 Å². The van der Waals surface area contributed by atoms with Gasteiger partial charge in [-0.2, -0.15) is 0 Å². The average molecular weight is 421 g/mol. The Hall–Kier alpha value is -1.94. The van der Waals surface area contributed by atoms with E-state index >= 15 is 0 Å². The van der Waals surface area contributed by atoms with Gasteiger partial charge in [0.25, 0.3) is 0 Å². The van der Waals surface area contributed by atoms with Gasteiger partial charge in [0.05, 0.1) is 12.2 Å². The highest BCUT2D eigenvalue weighted by atomic mass is 28.3. The van der Waals surface area contributed by atoms with Gasteiger partial charge in [-0.3, -0.25) is 0 Å². The molecule has 2 aromatic carbocycles. The van der Waals surface area contributed by atoms with Crippen LogP contribution in [0.3, 0.4) is 0 Å². The lowest BCUT2D eigenvalue weighted by Gasteiger charge is -2.34. The summed E-state index contributed by atoms with van der Waals surface area (Å²) in [6.07, 6.45) is 6.27. The van der Waals surface area contributed by atoms with Gasteiger partial charge in [-0.1, -0.05) is 97.5 Å². The van der Waals surface area contributed by atoms with Gasteiger partial charge in [0.15, 0.2) is 0 Å². The molecule has 1 aliphatic rings. The normalized spacial score (nSPS) is 19.4. The van der Waals surface area contributed by atoms with Gasteiger partial charge in [-0.15, -0.1) is 6.58 Å². The quantitative estimate of drug-likeness (QED) is 0.293. The lowest BCUT2D eigenvalue weighted by Crippen LogP contribution is -2.51. The second-order valence-electron chi connectivity index (χ2n) is 9.07. The van der Waals surface area contributed by atoms with Gasteiger partial charge in [0.2, 0.25) is 0 Å². The van der Waals surface area contributed by atoms with Crippen LogP contribution in [0.25, 0.3) is 0 Å². The topological polar surface area (TPSA) is 18.5 Å². The molecule has 2 atom stereocenters. The molecule has 0 spiro atoms. The smallest absolute Gasteiger partial charge is 0.110 e. The highest BCUT2D eigenvalue weighted by molar-refractivity contribution is 6.87. The van der Waals surface area contributed by atoms with Gasteiger partial charge in [0.1, 0.15) is 8.80 Å². The number of hydrogen-bond acceptors (Lipinski definition) is 2. The summed E-state index contributed by atoms with van der Waals surface area (Å²) in [6.45, 7) is 14.3. The summed E-state index contributed by atoms with van der Waals surface area (Å²) in [5.74, 6) is 0. The summed E-state index contributed by atoms with van der Waals surface area (Å²) < 4.78 is 12.3. The molecule has 0 unspecified atom stereocenters. The van der Waals surface area contributed by atoms with Crippen molar-refractivity contribution in [1.82, 2.24) is 0 Å². The van der Waals surface area contributed by atoms with Crippen molar-refractivity contribution in [2.24, 2.45) is 0 Å². The Morgan fingerprint density at radius 3 is 2.23 bits per heavy atom. The zero-order valence-electron chi connectivity index (χ0n) is 18.6. The van der Waals surface area contributed by atoms with Crippen LogP contribution < -0.4 is 10.4 Å². The van der Waals surface area contributed by atoms with Gasteiger partial charge >= 0.3 is 0 Å². The van der Waals surface area contributed by atoms with E-state index in [1.807, 2.05) is 6.08 Å². The minimum absolute atomic E-state index is 0.121. The molecular formula is C27H36O2Si. The van der Waals surface area contributed by atoms with Crippen molar-refractivity contribution in [3.63, 3.8) is 0 Å². The molecule has 3 heteroatoms. The average Bonchev–Trinajstić information content (AvgIpc) is 3.09. The summed E-state index contributed by atoms with van der Waals surface area (Å²) in [6, 6.07) is 22.0. The molecular weight excluding hydrogens is 384 g/mol. The Kier molecular flexibility index (Phi) is 8.26. The molecule has 1 saturated heterocycles. The SMILES string of the molecule is C=CC[C@@H]1O[C@@H](CCCOCC(C)(C)[SiH](c2ccccc2)c2ccccc2)CC1=C. The lowest BCUT2D eigenvalue weighted by molar-refractivity contribution is 0.0383.